The Labute approximate surface area is 152 Å². The van der Waals surface area contributed by atoms with Crippen LogP contribution in [-0.2, 0) is 6.18 Å². The van der Waals surface area contributed by atoms with E-state index in [1.54, 1.807) is 24.4 Å². The highest BCUT2D eigenvalue weighted by atomic mass is 19.4. The summed E-state index contributed by atoms with van der Waals surface area (Å²) in [4.78, 5) is 4.28. The maximum Gasteiger partial charge on any atom is 0.416 e. The maximum atomic E-state index is 13.2. The topological polar surface area (TPSA) is 69.8 Å². The van der Waals surface area contributed by atoms with Gasteiger partial charge in [0.15, 0.2) is 5.75 Å². The van der Waals surface area contributed by atoms with Crippen LogP contribution >= 0.6 is 0 Å². The van der Waals surface area contributed by atoms with E-state index in [0.717, 1.165) is 17.5 Å². The van der Waals surface area contributed by atoms with E-state index in [1.165, 1.54) is 12.1 Å². The quantitative estimate of drug-likeness (QED) is 0.665. The number of alkyl halides is 3. The second-order valence-electron chi connectivity index (χ2n) is 6.23. The van der Waals surface area contributed by atoms with Crippen molar-refractivity contribution in [1.82, 2.24) is 4.98 Å². The van der Waals surface area contributed by atoms with Crippen LogP contribution in [0.25, 0.3) is 10.9 Å². The normalized spacial score (nSPS) is 19.3. The van der Waals surface area contributed by atoms with Crippen molar-refractivity contribution >= 4 is 16.8 Å². The number of hydrogen-bond donors (Lipinski definition) is 1. The Bertz CT molecular complexity index is 1100. The van der Waals surface area contributed by atoms with Crippen molar-refractivity contribution in [2.24, 2.45) is 5.92 Å². The van der Waals surface area contributed by atoms with Gasteiger partial charge in [0.05, 0.1) is 11.6 Å². The molecule has 7 heteroatoms. The third-order valence-corrected chi connectivity index (χ3v) is 4.63. The van der Waals surface area contributed by atoms with E-state index in [2.05, 4.69) is 4.98 Å². The van der Waals surface area contributed by atoms with Crippen molar-refractivity contribution in [3.63, 3.8) is 0 Å². The van der Waals surface area contributed by atoms with Crippen LogP contribution in [0.2, 0.25) is 0 Å². The number of fused-ring (bicyclic) bond motifs is 3. The van der Waals surface area contributed by atoms with Crippen LogP contribution in [0.15, 0.2) is 54.7 Å². The van der Waals surface area contributed by atoms with Gasteiger partial charge >= 0.3 is 6.18 Å². The van der Waals surface area contributed by atoms with Gasteiger partial charge in [0.2, 0.25) is 5.90 Å². The number of nitrogens with one attached hydrogen (secondary N) is 1. The number of nitriles is 1. The predicted molar refractivity (Wildman–Crippen MR) is 92.5 cm³/mol. The summed E-state index contributed by atoms with van der Waals surface area (Å²) in [5.74, 6) is -1.76. The lowest BCUT2D eigenvalue weighted by Crippen LogP contribution is -2.31. The fraction of sp³-hybridized carbons (Fsp3) is 0.150. The average Bonchev–Trinajstić information content (AvgIpc) is 2.66. The Hall–Kier alpha value is -3.40. The van der Waals surface area contributed by atoms with Crippen LogP contribution < -0.4 is 4.74 Å². The number of pyridine rings is 1. The molecule has 0 spiro atoms. The third kappa shape index (κ3) is 2.79. The summed E-state index contributed by atoms with van der Waals surface area (Å²) < 4.78 is 45.0. The lowest BCUT2D eigenvalue weighted by molar-refractivity contribution is -0.137. The van der Waals surface area contributed by atoms with Gasteiger partial charge < -0.3 is 4.74 Å². The van der Waals surface area contributed by atoms with E-state index in [-0.39, 0.29) is 5.90 Å². The van der Waals surface area contributed by atoms with E-state index in [9.17, 15) is 18.4 Å². The highest BCUT2D eigenvalue weighted by Crippen LogP contribution is 2.45. The van der Waals surface area contributed by atoms with Gasteiger partial charge in [-0.3, -0.25) is 10.4 Å². The molecule has 0 saturated heterocycles. The maximum absolute atomic E-state index is 13.2. The molecule has 1 N–H and O–H groups in total. The largest absolute Gasteiger partial charge is 0.440 e. The van der Waals surface area contributed by atoms with Gasteiger partial charge in [-0.15, -0.1) is 0 Å². The molecule has 3 aromatic rings. The molecule has 4 rings (SSSR count). The van der Waals surface area contributed by atoms with Crippen molar-refractivity contribution < 1.29 is 17.9 Å². The number of benzene rings is 2. The number of ether oxygens (including phenoxy) is 1. The van der Waals surface area contributed by atoms with E-state index < -0.39 is 23.6 Å². The van der Waals surface area contributed by atoms with Gasteiger partial charge in [-0.25, -0.2) is 0 Å². The van der Waals surface area contributed by atoms with Gasteiger partial charge in [-0.05, 0) is 17.7 Å². The van der Waals surface area contributed by atoms with Gasteiger partial charge in [-0.1, -0.05) is 36.4 Å². The monoisotopic (exact) mass is 367 g/mol. The van der Waals surface area contributed by atoms with Gasteiger partial charge in [-0.2, -0.15) is 18.4 Å². The number of nitrogens with zero attached hydrogens (tertiary/aromatic N) is 2. The van der Waals surface area contributed by atoms with Gasteiger partial charge in [0.25, 0.3) is 0 Å². The van der Waals surface area contributed by atoms with Crippen molar-refractivity contribution in [3.05, 3.63) is 71.4 Å². The molecule has 134 valence electrons. The molecule has 1 aromatic heterocycles. The second kappa shape index (κ2) is 6.09. The van der Waals surface area contributed by atoms with Crippen LogP contribution in [0.4, 0.5) is 13.2 Å². The molecule has 2 atom stereocenters. The molecule has 0 radical (unpaired) electrons. The van der Waals surface area contributed by atoms with E-state index in [4.69, 9.17) is 10.1 Å². The summed E-state index contributed by atoms with van der Waals surface area (Å²) in [7, 11) is 0. The standard InChI is InChI=1S/C20H12F3N3O/c21-20(22,23)13-5-1-3-12(9-13)16-14-7-6-11-4-2-8-26-17(11)18(14)27-19(25)15(16)10-24/h1-9,15-16,25H. The SMILES string of the molecule is N#CC1C(=N)Oc2c(ccc3cccnc23)C1c1cccc(C(F)(F)F)c1. The second-order valence-corrected chi connectivity index (χ2v) is 6.23. The Kier molecular flexibility index (Phi) is 3.84. The van der Waals surface area contributed by atoms with E-state index in [0.29, 0.717) is 22.4 Å². The van der Waals surface area contributed by atoms with E-state index >= 15 is 0 Å². The molecule has 0 fully saturated rings. The minimum Gasteiger partial charge on any atom is -0.440 e. The van der Waals surface area contributed by atoms with Crippen LogP contribution in [0.5, 0.6) is 5.75 Å². The number of halogens is 3. The highest BCUT2D eigenvalue weighted by Gasteiger charge is 2.39. The third-order valence-electron chi connectivity index (χ3n) is 4.63. The molecule has 4 nitrogen and oxygen atoms in total. The molecule has 0 amide bonds. The smallest absolute Gasteiger partial charge is 0.416 e. The Morgan fingerprint density at radius 3 is 2.67 bits per heavy atom. The molecule has 2 unspecified atom stereocenters. The number of aromatic nitrogens is 1. The summed E-state index contributed by atoms with van der Waals surface area (Å²) in [6, 6.07) is 13.9. The molecule has 1 aliphatic rings. The van der Waals surface area contributed by atoms with Crippen LogP contribution in [0.1, 0.15) is 22.6 Å². The first-order valence-electron chi connectivity index (χ1n) is 8.11. The lowest BCUT2D eigenvalue weighted by atomic mass is 9.78. The molecule has 27 heavy (non-hydrogen) atoms. The number of hydrogen-bond acceptors (Lipinski definition) is 4. The molecular formula is C20H12F3N3O. The minimum absolute atomic E-state index is 0.300. The van der Waals surface area contributed by atoms with E-state index in [1.807, 2.05) is 12.1 Å². The molecular weight excluding hydrogens is 355 g/mol. The van der Waals surface area contributed by atoms with Crippen molar-refractivity contribution in [2.45, 2.75) is 12.1 Å². The Morgan fingerprint density at radius 1 is 1.11 bits per heavy atom. The fourth-order valence-electron chi connectivity index (χ4n) is 3.40. The zero-order valence-electron chi connectivity index (χ0n) is 13.8. The molecule has 2 heterocycles. The zero-order valence-corrected chi connectivity index (χ0v) is 13.8. The molecule has 0 bridgehead atoms. The van der Waals surface area contributed by atoms with Gasteiger partial charge in [0.1, 0.15) is 11.4 Å². The first-order chi connectivity index (χ1) is 12.9. The van der Waals surface area contributed by atoms with Crippen molar-refractivity contribution in [2.75, 3.05) is 0 Å². The lowest BCUT2D eigenvalue weighted by Gasteiger charge is -2.31. The minimum atomic E-state index is -4.50. The molecule has 0 aliphatic carbocycles. The molecule has 0 saturated carbocycles. The Morgan fingerprint density at radius 2 is 1.93 bits per heavy atom. The predicted octanol–water partition coefficient (Wildman–Crippen LogP) is 4.89. The first-order valence-corrected chi connectivity index (χ1v) is 8.11. The molecule has 1 aliphatic heterocycles. The Balaban J connectivity index is 1.96. The highest BCUT2D eigenvalue weighted by molar-refractivity contribution is 5.93. The van der Waals surface area contributed by atoms with Crippen LogP contribution in [0, 0.1) is 22.7 Å². The van der Waals surface area contributed by atoms with Crippen LogP contribution in [-0.4, -0.2) is 10.9 Å². The average molecular weight is 367 g/mol. The summed E-state index contributed by atoms with van der Waals surface area (Å²) in [5.41, 5.74) is 0.562. The summed E-state index contributed by atoms with van der Waals surface area (Å²) in [5, 5.41) is 18.4. The summed E-state index contributed by atoms with van der Waals surface area (Å²) >= 11 is 0. The molecule has 2 aromatic carbocycles. The zero-order chi connectivity index (χ0) is 19.2. The summed E-state index contributed by atoms with van der Waals surface area (Å²) in [6.07, 6.45) is -2.92. The fourth-order valence-corrected chi connectivity index (χ4v) is 3.40. The van der Waals surface area contributed by atoms with Gasteiger partial charge in [0, 0.05) is 23.1 Å². The van der Waals surface area contributed by atoms with Crippen molar-refractivity contribution in [3.8, 4) is 11.8 Å². The van der Waals surface area contributed by atoms with Crippen molar-refractivity contribution in [1.29, 1.82) is 10.7 Å². The first kappa shape index (κ1) is 17.0. The van der Waals surface area contributed by atoms with Crippen LogP contribution in [0.3, 0.4) is 0 Å². The number of rotatable bonds is 1. The summed E-state index contributed by atoms with van der Waals surface area (Å²) in [6.45, 7) is 0.